The summed E-state index contributed by atoms with van der Waals surface area (Å²) in [6, 6.07) is 24.1. The van der Waals surface area contributed by atoms with Gasteiger partial charge >= 0.3 is 0 Å². The molecule has 3 N–H and O–H groups in total. The van der Waals surface area contributed by atoms with Crippen molar-refractivity contribution in [3.05, 3.63) is 93.6 Å². The van der Waals surface area contributed by atoms with Crippen LogP contribution in [0.25, 0.3) is 33.6 Å². The third-order valence-electron chi connectivity index (χ3n) is 5.12. The van der Waals surface area contributed by atoms with Gasteiger partial charge in [-0.25, -0.2) is 9.97 Å². The summed E-state index contributed by atoms with van der Waals surface area (Å²) < 4.78 is 5.69. The Morgan fingerprint density at radius 3 is 2.03 bits per heavy atom. The molecule has 0 amide bonds. The second-order valence-corrected chi connectivity index (χ2v) is 9.95. The molecule has 0 spiro atoms. The number of hydrogen-bond acceptors (Lipinski definition) is 8. The Hall–Kier alpha value is -4.01. The van der Waals surface area contributed by atoms with Crippen LogP contribution < -0.4 is 11.1 Å². The Balaban J connectivity index is 0.000000166. The molecule has 174 valence electrons. The van der Waals surface area contributed by atoms with Crippen LogP contribution in [-0.2, 0) is 0 Å². The number of aromatic nitrogens is 3. The molecule has 6 nitrogen and oxygen atoms in total. The topological polar surface area (TPSA) is 89.9 Å². The lowest BCUT2D eigenvalue weighted by Crippen LogP contribution is -1.90. The number of hydrogen-bond donors (Lipinski definition) is 2. The summed E-state index contributed by atoms with van der Waals surface area (Å²) in [5.41, 5.74) is 13.2. The molecule has 0 aliphatic rings. The molecule has 0 fully saturated rings. The molecule has 0 aliphatic heterocycles. The average Bonchev–Trinajstić information content (AvgIpc) is 3.59. The van der Waals surface area contributed by atoms with Gasteiger partial charge in [0.1, 0.15) is 5.52 Å². The number of oxazole rings is 1. The minimum Gasteiger partial charge on any atom is -0.423 e. The number of thiazole rings is 2. The van der Waals surface area contributed by atoms with Crippen molar-refractivity contribution in [3.8, 4) is 22.5 Å². The smallest absolute Gasteiger partial charge is 0.300 e. The summed E-state index contributed by atoms with van der Waals surface area (Å²) in [4.78, 5) is 13.3. The predicted molar refractivity (Wildman–Crippen MR) is 146 cm³/mol. The van der Waals surface area contributed by atoms with E-state index in [1.54, 1.807) is 22.7 Å². The molecule has 3 aromatic carbocycles. The normalized spacial score (nSPS) is 10.7. The van der Waals surface area contributed by atoms with Crippen LogP contribution in [0, 0.1) is 13.8 Å². The van der Waals surface area contributed by atoms with E-state index in [0.717, 1.165) is 55.0 Å². The maximum atomic E-state index is 5.69. The first-order valence-electron chi connectivity index (χ1n) is 11.0. The third kappa shape index (κ3) is 5.56. The molecule has 0 bridgehead atoms. The molecule has 0 saturated carbocycles. The van der Waals surface area contributed by atoms with E-state index in [-0.39, 0.29) is 0 Å². The van der Waals surface area contributed by atoms with E-state index >= 15 is 0 Å². The number of benzene rings is 3. The number of fused-ring (bicyclic) bond motifs is 1. The highest BCUT2D eigenvalue weighted by molar-refractivity contribution is 7.10. The molecular formula is C27H23N5OS2. The van der Waals surface area contributed by atoms with E-state index in [0.29, 0.717) is 6.01 Å². The fraction of sp³-hybridized carbons (Fsp3) is 0.0741. The maximum absolute atomic E-state index is 5.69. The third-order valence-corrected chi connectivity index (χ3v) is 6.67. The molecule has 6 aromatic rings. The Morgan fingerprint density at radius 2 is 1.40 bits per heavy atom. The van der Waals surface area contributed by atoms with E-state index < -0.39 is 0 Å². The second-order valence-electron chi connectivity index (χ2n) is 7.82. The highest BCUT2D eigenvalue weighted by Gasteiger charge is 2.07. The van der Waals surface area contributed by atoms with Gasteiger partial charge in [0, 0.05) is 33.3 Å². The molecule has 35 heavy (non-hydrogen) atoms. The molecular weight excluding hydrogens is 474 g/mol. The lowest BCUT2D eigenvalue weighted by atomic mass is 10.1. The van der Waals surface area contributed by atoms with Gasteiger partial charge in [-0.05, 0) is 50.2 Å². The summed E-state index contributed by atoms with van der Waals surface area (Å²) in [6.45, 7) is 4.01. The van der Waals surface area contributed by atoms with Gasteiger partial charge in [-0.1, -0.05) is 36.4 Å². The Bertz CT molecular complexity index is 1550. The van der Waals surface area contributed by atoms with Crippen LogP contribution in [0.3, 0.4) is 0 Å². The van der Waals surface area contributed by atoms with Crippen molar-refractivity contribution in [1.82, 2.24) is 15.0 Å². The SMILES string of the molecule is Cc1nc(-c2cccc(N)c2)cs1.Cc1nc(-c2cccc(Nc3nc4ccccc4o3)c2)cs1. The summed E-state index contributed by atoms with van der Waals surface area (Å²) in [7, 11) is 0. The average molecular weight is 498 g/mol. The molecule has 0 aliphatic carbocycles. The zero-order valence-electron chi connectivity index (χ0n) is 19.2. The van der Waals surface area contributed by atoms with Crippen LogP contribution in [0.1, 0.15) is 10.0 Å². The summed E-state index contributed by atoms with van der Waals surface area (Å²) in [5.74, 6) is 0. The monoisotopic (exact) mass is 497 g/mol. The largest absolute Gasteiger partial charge is 0.423 e. The van der Waals surface area contributed by atoms with Crippen molar-refractivity contribution in [2.75, 3.05) is 11.1 Å². The second kappa shape index (κ2) is 10.1. The number of para-hydroxylation sites is 2. The van der Waals surface area contributed by atoms with Crippen molar-refractivity contribution in [3.63, 3.8) is 0 Å². The minimum atomic E-state index is 0.493. The highest BCUT2D eigenvalue weighted by atomic mass is 32.1. The van der Waals surface area contributed by atoms with Gasteiger partial charge in [0.05, 0.1) is 21.4 Å². The van der Waals surface area contributed by atoms with E-state index in [2.05, 4.69) is 25.6 Å². The first-order chi connectivity index (χ1) is 17.0. The number of nitrogens with two attached hydrogens (primary N) is 1. The number of aryl methyl sites for hydroxylation is 2. The molecule has 0 radical (unpaired) electrons. The number of rotatable bonds is 4. The molecule has 3 heterocycles. The zero-order valence-corrected chi connectivity index (χ0v) is 20.9. The zero-order chi connectivity index (χ0) is 24.2. The van der Waals surface area contributed by atoms with Crippen molar-refractivity contribution in [2.45, 2.75) is 13.8 Å². The van der Waals surface area contributed by atoms with Crippen LogP contribution >= 0.6 is 22.7 Å². The highest BCUT2D eigenvalue weighted by Crippen LogP contribution is 2.27. The first-order valence-corrected chi connectivity index (χ1v) is 12.7. The van der Waals surface area contributed by atoms with E-state index in [1.807, 2.05) is 92.0 Å². The summed E-state index contributed by atoms with van der Waals surface area (Å²) >= 11 is 3.30. The number of nitrogens with zero attached hydrogens (tertiary/aromatic N) is 3. The first kappa shape index (κ1) is 22.8. The fourth-order valence-corrected chi connectivity index (χ4v) is 4.74. The predicted octanol–water partition coefficient (Wildman–Crippen LogP) is 7.70. The fourth-order valence-electron chi connectivity index (χ4n) is 3.50. The molecule has 0 saturated heterocycles. The van der Waals surface area contributed by atoms with E-state index in [4.69, 9.17) is 10.2 Å². The Morgan fingerprint density at radius 1 is 0.743 bits per heavy atom. The standard InChI is InChI=1S/C17H13N3OS.C10H10N2S/c1-11-18-15(10-22-11)12-5-4-6-13(9-12)19-17-20-14-7-2-3-8-16(14)21-17;1-7-12-10(6-13-7)8-3-2-4-9(11)5-8/h2-10H,1H3,(H,19,20);2-6H,11H2,1H3. The van der Waals surface area contributed by atoms with Crippen molar-refractivity contribution < 1.29 is 4.42 Å². The number of nitrogen functional groups attached to an aromatic ring is 1. The molecule has 0 unspecified atom stereocenters. The lowest BCUT2D eigenvalue weighted by Gasteiger charge is -2.03. The Kier molecular flexibility index (Phi) is 6.56. The van der Waals surface area contributed by atoms with Gasteiger partial charge in [-0.3, -0.25) is 0 Å². The summed E-state index contributed by atoms with van der Waals surface area (Å²) in [6.07, 6.45) is 0. The van der Waals surface area contributed by atoms with E-state index in [1.165, 1.54) is 0 Å². The van der Waals surface area contributed by atoms with Crippen molar-refractivity contribution in [1.29, 1.82) is 0 Å². The van der Waals surface area contributed by atoms with E-state index in [9.17, 15) is 0 Å². The van der Waals surface area contributed by atoms with Crippen LogP contribution in [-0.4, -0.2) is 15.0 Å². The van der Waals surface area contributed by atoms with Gasteiger partial charge in [-0.2, -0.15) is 4.98 Å². The van der Waals surface area contributed by atoms with Crippen LogP contribution in [0.15, 0.2) is 88.0 Å². The van der Waals surface area contributed by atoms with Crippen molar-refractivity contribution >= 4 is 51.2 Å². The van der Waals surface area contributed by atoms with Gasteiger partial charge in [0.15, 0.2) is 5.58 Å². The summed E-state index contributed by atoms with van der Waals surface area (Å²) in [5, 5.41) is 9.46. The molecule has 8 heteroatoms. The maximum Gasteiger partial charge on any atom is 0.300 e. The number of nitrogens with one attached hydrogen (secondary N) is 1. The van der Waals surface area contributed by atoms with Gasteiger partial charge in [0.25, 0.3) is 6.01 Å². The van der Waals surface area contributed by atoms with Crippen LogP contribution in [0.4, 0.5) is 17.4 Å². The Labute approximate surface area is 211 Å². The van der Waals surface area contributed by atoms with Crippen LogP contribution in [0.2, 0.25) is 0 Å². The number of anilines is 3. The molecule has 3 aromatic heterocycles. The molecule has 0 atom stereocenters. The van der Waals surface area contributed by atoms with Gasteiger partial charge in [-0.15, -0.1) is 22.7 Å². The minimum absolute atomic E-state index is 0.493. The van der Waals surface area contributed by atoms with Gasteiger partial charge < -0.3 is 15.5 Å². The van der Waals surface area contributed by atoms with Crippen molar-refractivity contribution in [2.24, 2.45) is 0 Å². The van der Waals surface area contributed by atoms with Gasteiger partial charge in [0.2, 0.25) is 0 Å². The molecule has 6 rings (SSSR count). The van der Waals surface area contributed by atoms with Crippen LogP contribution in [0.5, 0.6) is 0 Å². The quantitative estimate of drug-likeness (QED) is 0.243. The lowest BCUT2D eigenvalue weighted by molar-refractivity contribution is 0.623.